The van der Waals surface area contributed by atoms with Crippen molar-refractivity contribution in [2.45, 2.75) is 57.1 Å². The van der Waals surface area contributed by atoms with E-state index in [0.717, 1.165) is 53.7 Å². The van der Waals surface area contributed by atoms with Gasteiger partial charge in [0.15, 0.2) is 5.16 Å². The van der Waals surface area contributed by atoms with Crippen molar-refractivity contribution < 1.29 is 14.0 Å². The van der Waals surface area contributed by atoms with Crippen LogP contribution in [0.1, 0.15) is 43.5 Å². The number of carbonyl (C=O) groups excluding carboxylic acids is 2. The van der Waals surface area contributed by atoms with Crippen molar-refractivity contribution in [3.8, 4) is 0 Å². The molecule has 1 fully saturated rings. The van der Waals surface area contributed by atoms with Gasteiger partial charge in [-0.05, 0) is 56.7 Å². The fraction of sp³-hybridized carbons (Fsp3) is 0.364. The number of carbonyl (C=O) groups is 2. The molecule has 2 heterocycles. The van der Waals surface area contributed by atoms with Crippen molar-refractivity contribution in [2.75, 3.05) is 4.90 Å². The minimum absolute atomic E-state index is 0.0487. The van der Waals surface area contributed by atoms with Crippen molar-refractivity contribution in [2.24, 2.45) is 0 Å². The summed E-state index contributed by atoms with van der Waals surface area (Å²) in [4.78, 5) is 36.4. The fourth-order valence-corrected chi connectivity index (χ4v) is 4.85. The van der Waals surface area contributed by atoms with Crippen LogP contribution in [0, 0.1) is 19.7 Å². The van der Waals surface area contributed by atoms with E-state index in [1.54, 1.807) is 6.07 Å². The SMILES string of the molecule is Cc1cc(C)nc(SC2=C(NC3CCCCC3)C(=O)N(c3ccccc3F)C2=O)n1. The maximum absolute atomic E-state index is 14.4. The van der Waals surface area contributed by atoms with Crippen LogP contribution in [0.25, 0.3) is 0 Å². The molecule has 1 aromatic carbocycles. The van der Waals surface area contributed by atoms with Gasteiger partial charge in [0.25, 0.3) is 11.8 Å². The number of aromatic nitrogens is 2. The molecule has 0 atom stereocenters. The zero-order valence-electron chi connectivity index (χ0n) is 16.9. The number of amides is 2. The van der Waals surface area contributed by atoms with Crippen LogP contribution in [0.4, 0.5) is 10.1 Å². The van der Waals surface area contributed by atoms with Gasteiger partial charge < -0.3 is 5.32 Å². The van der Waals surface area contributed by atoms with Crippen LogP contribution >= 0.6 is 11.8 Å². The Kier molecular flexibility index (Phi) is 5.85. The van der Waals surface area contributed by atoms with Crippen molar-refractivity contribution in [1.29, 1.82) is 0 Å². The third-order valence-electron chi connectivity index (χ3n) is 5.24. The number of hydrogen-bond donors (Lipinski definition) is 1. The first-order valence-corrected chi connectivity index (χ1v) is 10.9. The molecule has 30 heavy (non-hydrogen) atoms. The molecule has 0 radical (unpaired) electrons. The van der Waals surface area contributed by atoms with Gasteiger partial charge in [0.2, 0.25) is 0 Å². The van der Waals surface area contributed by atoms with E-state index >= 15 is 0 Å². The van der Waals surface area contributed by atoms with Crippen molar-refractivity contribution in [3.63, 3.8) is 0 Å². The lowest BCUT2D eigenvalue weighted by atomic mass is 9.95. The largest absolute Gasteiger partial charge is 0.377 e. The fourth-order valence-electron chi connectivity index (χ4n) is 3.87. The lowest BCUT2D eigenvalue weighted by Gasteiger charge is -2.24. The summed E-state index contributed by atoms with van der Waals surface area (Å²) in [5.74, 6) is -1.72. The Hall–Kier alpha value is -2.74. The second-order valence-electron chi connectivity index (χ2n) is 7.62. The minimum Gasteiger partial charge on any atom is -0.377 e. The molecule has 0 unspecified atom stereocenters. The van der Waals surface area contributed by atoms with Crippen LogP contribution in [-0.4, -0.2) is 27.8 Å². The topological polar surface area (TPSA) is 75.2 Å². The minimum atomic E-state index is -0.620. The first-order chi connectivity index (χ1) is 14.4. The van der Waals surface area contributed by atoms with E-state index in [2.05, 4.69) is 15.3 Å². The second kappa shape index (κ2) is 8.55. The third kappa shape index (κ3) is 4.09. The summed E-state index contributed by atoms with van der Waals surface area (Å²) < 4.78 is 14.4. The molecular formula is C22H23FN4O2S. The molecule has 8 heteroatoms. The average molecular weight is 427 g/mol. The number of benzene rings is 1. The van der Waals surface area contributed by atoms with Gasteiger partial charge in [-0.1, -0.05) is 31.4 Å². The van der Waals surface area contributed by atoms with Crippen LogP contribution in [0.2, 0.25) is 0 Å². The lowest BCUT2D eigenvalue weighted by Crippen LogP contribution is -2.37. The third-order valence-corrected chi connectivity index (χ3v) is 6.19. The highest BCUT2D eigenvalue weighted by Crippen LogP contribution is 2.37. The molecule has 6 nitrogen and oxygen atoms in total. The quantitative estimate of drug-likeness (QED) is 0.575. The van der Waals surface area contributed by atoms with E-state index in [1.807, 2.05) is 19.9 Å². The van der Waals surface area contributed by atoms with Gasteiger partial charge in [-0.3, -0.25) is 9.59 Å². The van der Waals surface area contributed by atoms with Crippen LogP contribution in [0.5, 0.6) is 0 Å². The number of aryl methyl sites for hydroxylation is 2. The van der Waals surface area contributed by atoms with Gasteiger partial charge >= 0.3 is 0 Å². The first kappa shape index (κ1) is 20.5. The standard InChI is InChI=1S/C22H23FN4O2S/c1-13-12-14(2)25-22(24-13)30-19-18(26-15-8-4-3-5-9-15)20(28)27(21(19)29)17-11-7-6-10-16(17)23/h6-7,10-12,15,26H,3-5,8-9H2,1-2H3. The first-order valence-electron chi connectivity index (χ1n) is 10.1. The van der Waals surface area contributed by atoms with E-state index in [0.29, 0.717) is 5.16 Å². The Labute approximate surface area is 179 Å². The molecule has 0 bridgehead atoms. The van der Waals surface area contributed by atoms with Crippen LogP contribution in [0.3, 0.4) is 0 Å². The highest BCUT2D eigenvalue weighted by molar-refractivity contribution is 8.04. The predicted molar refractivity (Wildman–Crippen MR) is 113 cm³/mol. The molecule has 2 aliphatic rings. The highest BCUT2D eigenvalue weighted by atomic mass is 32.2. The molecule has 1 aliphatic heterocycles. The molecule has 1 N–H and O–H groups in total. The maximum atomic E-state index is 14.4. The number of nitrogens with one attached hydrogen (secondary N) is 1. The molecule has 4 rings (SSSR count). The van der Waals surface area contributed by atoms with Crippen LogP contribution in [-0.2, 0) is 9.59 Å². The smallest absolute Gasteiger partial charge is 0.282 e. The van der Waals surface area contributed by atoms with Crippen molar-refractivity contribution in [1.82, 2.24) is 15.3 Å². The number of halogens is 1. The summed E-state index contributed by atoms with van der Waals surface area (Å²) in [6, 6.07) is 7.75. The number of anilines is 1. The molecule has 156 valence electrons. The second-order valence-corrected chi connectivity index (χ2v) is 8.59. The van der Waals surface area contributed by atoms with E-state index in [4.69, 9.17) is 0 Å². The van der Waals surface area contributed by atoms with Crippen LogP contribution < -0.4 is 10.2 Å². The Morgan fingerprint density at radius 2 is 1.70 bits per heavy atom. The molecular weight excluding hydrogens is 403 g/mol. The number of rotatable bonds is 5. The van der Waals surface area contributed by atoms with E-state index in [1.165, 1.54) is 24.6 Å². The Bertz CT molecular complexity index is 1010. The Balaban J connectivity index is 1.72. The summed E-state index contributed by atoms with van der Waals surface area (Å²) in [6.07, 6.45) is 5.19. The summed E-state index contributed by atoms with van der Waals surface area (Å²) in [7, 11) is 0. The summed E-state index contributed by atoms with van der Waals surface area (Å²) in [5, 5.41) is 3.68. The summed E-state index contributed by atoms with van der Waals surface area (Å²) >= 11 is 1.05. The Morgan fingerprint density at radius 1 is 1.03 bits per heavy atom. The average Bonchev–Trinajstić information content (AvgIpc) is 2.93. The number of thioether (sulfide) groups is 1. The number of imide groups is 1. The molecule has 2 aromatic rings. The molecule has 1 saturated carbocycles. The van der Waals surface area contributed by atoms with E-state index in [9.17, 15) is 14.0 Å². The number of hydrogen-bond acceptors (Lipinski definition) is 6. The van der Waals surface area contributed by atoms with Gasteiger partial charge in [-0.15, -0.1) is 0 Å². The van der Waals surface area contributed by atoms with Gasteiger partial charge in [0, 0.05) is 17.4 Å². The highest BCUT2D eigenvalue weighted by Gasteiger charge is 2.42. The summed E-state index contributed by atoms with van der Waals surface area (Å²) in [6.45, 7) is 3.70. The van der Waals surface area contributed by atoms with Gasteiger partial charge in [-0.25, -0.2) is 19.3 Å². The number of nitrogens with zero attached hydrogens (tertiary/aromatic N) is 3. The normalized spacial score (nSPS) is 17.8. The number of para-hydroxylation sites is 1. The Morgan fingerprint density at radius 3 is 2.37 bits per heavy atom. The van der Waals surface area contributed by atoms with Crippen molar-refractivity contribution in [3.05, 3.63) is 58.1 Å². The van der Waals surface area contributed by atoms with Crippen LogP contribution in [0.15, 0.2) is 46.1 Å². The van der Waals surface area contributed by atoms with Crippen molar-refractivity contribution >= 4 is 29.3 Å². The van der Waals surface area contributed by atoms with Gasteiger partial charge in [0.05, 0.1) is 5.69 Å². The molecule has 1 aromatic heterocycles. The zero-order chi connectivity index (χ0) is 21.3. The monoisotopic (exact) mass is 426 g/mol. The molecule has 2 amide bonds. The van der Waals surface area contributed by atoms with E-state index in [-0.39, 0.29) is 22.3 Å². The van der Waals surface area contributed by atoms with E-state index < -0.39 is 17.6 Å². The zero-order valence-corrected chi connectivity index (χ0v) is 17.8. The maximum Gasteiger partial charge on any atom is 0.282 e. The predicted octanol–water partition coefficient (Wildman–Crippen LogP) is 4.03. The molecule has 0 spiro atoms. The lowest BCUT2D eigenvalue weighted by molar-refractivity contribution is -0.120. The molecule has 1 aliphatic carbocycles. The molecule has 0 saturated heterocycles. The summed E-state index contributed by atoms with van der Waals surface area (Å²) in [5.41, 5.74) is 1.71. The van der Waals surface area contributed by atoms with Gasteiger partial charge in [0.1, 0.15) is 16.4 Å². The van der Waals surface area contributed by atoms with Gasteiger partial charge in [-0.2, -0.15) is 0 Å².